The van der Waals surface area contributed by atoms with E-state index in [1.165, 1.54) is 32.1 Å². The molecule has 0 aliphatic rings. The second kappa shape index (κ2) is 6.72. The Bertz CT molecular complexity index is 282. The van der Waals surface area contributed by atoms with E-state index in [4.69, 9.17) is 0 Å². The summed E-state index contributed by atoms with van der Waals surface area (Å²) in [7, 11) is 2.29. The quantitative estimate of drug-likeness (QED) is 0.501. The molecule has 1 heterocycles. The Morgan fingerprint density at radius 2 is 2.00 bits per heavy atom. The van der Waals surface area contributed by atoms with Crippen LogP contribution in [0, 0.1) is 0 Å². The van der Waals surface area contributed by atoms with Gasteiger partial charge in [0.2, 0.25) is 0 Å². The van der Waals surface area contributed by atoms with Crippen LogP contribution in [0.15, 0.2) is 24.4 Å². The van der Waals surface area contributed by atoms with E-state index in [0.29, 0.717) is 0 Å². The molecule has 1 rings (SSSR count). The molecule has 0 amide bonds. The Morgan fingerprint density at radius 1 is 1.19 bits per heavy atom. The van der Waals surface area contributed by atoms with Crippen molar-refractivity contribution in [2.75, 3.05) is 0 Å². The molecule has 0 saturated heterocycles. The van der Waals surface area contributed by atoms with Crippen LogP contribution in [0.25, 0.3) is 0 Å². The van der Waals surface area contributed by atoms with Gasteiger partial charge in [0.15, 0.2) is 7.28 Å². The van der Waals surface area contributed by atoms with Gasteiger partial charge in [-0.1, -0.05) is 70.3 Å². The van der Waals surface area contributed by atoms with Crippen LogP contribution in [0.5, 0.6) is 0 Å². The minimum Gasteiger partial charge on any atom is -0.272 e. The van der Waals surface area contributed by atoms with Crippen LogP contribution in [-0.2, 0) is 0 Å². The lowest BCUT2D eigenvalue weighted by Gasteiger charge is -2.23. The van der Waals surface area contributed by atoms with Crippen LogP contribution < -0.4 is 5.59 Å². The third kappa shape index (κ3) is 5.34. The Morgan fingerprint density at radius 3 is 2.62 bits per heavy atom. The van der Waals surface area contributed by atoms with Crippen molar-refractivity contribution in [3.05, 3.63) is 24.4 Å². The molecule has 87 valence electrons. The molecule has 0 fully saturated rings. The largest absolute Gasteiger partial charge is 0.272 e. The number of unbranched alkanes of at least 4 members (excludes halogenated alkanes) is 3. The van der Waals surface area contributed by atoms with E-state index in [0.717, 1.165) is 5.59 Å². The number of nitrogens with zero attached hydrogens (tertiary/aromatic N) is 1. The zero-order valence-corrected chi connectivity index (χ0v) is 10.9. The summed E-state index contributed by atoms with van der Waals surface area (Å²) >= 11 is 0. The average Bonchev–Trinajstić information content (AvgIpc) is 2.25. The molecule has 0 unspecified atom stereocenters. The minimum atomic E-state index is 0.266. The number of pyridine rings is 1. The number of aromatic nitrogens is 1. The highest BCUT2D eigenvalue weighted by Crippen LogP contribution is 2.29. The lowest BCUT2D eigenvalue weighted by atomic mass is 9.50. The number of rotatable bonds is 7. The Kier molecular flexibility index (Phi) is 5.58. The smallest absolute Gasteiger partial charge is 0.184 e. The Hall–Kier alpha value is -0.785. The van der Waals surface area contributed by atoms with Gasteiger partial charge in [-0.25, -0.2) is 0 Å². The predicted octanol–water partition coefficient (Wildman–Crippen LogP) is 3.58. The zero-order chi connectivity index (χ0) is 11.9. The van der Waals surface area contributed by atoms with Crippen molar-refractivity contribution in [2.24, 2.45) is 0 Å². The van der Waals surface area contributed by atoms with Gasteiger partial charge in [0.05, 0.1) is 0 Å². The second-order valence-corrected chi connectivity index (χ2v) is 5.20. The summed E-state index contributed by atoms with van der Waals surface area (Å²) in [5.41, 5.74) is 1.10. The molecule has 0 aliphatic heterocycles. The van der Waals surface area contributed by atoms with Crippen LogP contribution in [0.2, 0.25) is 5.31 Å². The van der Waals surface area contributed by atoms with Crippen molar-refractivity contribution in [1.82, 2.24) is 4.98 Å². The van der Waals surface area contributed by atoms with Gasteiger partial charge in [-0.15, -0.1) is 0 Å². The molecule has 0 aliphatic carbocycles. The number of hydrogen-bond donors (Lipinski definition) is 0. The van der Waals surface area contributed by atoms with E-state index in [1.807, 2.05) is 18.3 Å². The molecule has 0 bridgehead atoms. The zero-order valence-electron chi connectivity index (χ0n) is 10.9. The first-order valence-electron chi connectivity index (χ1n) is 6.41. The van der Waals surface area contributed by atoms with Crippen molar-refractivity contribution in [3.8, 4) is 0 Å². The van der Waals surface area contributed by atoms with Crippen LogP contribution in [0.4, 0.5) is 0 Å². The molecule has 1 aromatic rings. The molecule has 1 nitrogen and oxygen atoms in total. The maximum Gasteiger partial charge on any atom is 0.184 e. The summed E-state index contributed by atoms with van der Waals surface area (Å²) in [6.07, 6.45) is 8.47. The monoisotopic (exact) mass is 216 g/mol. The highest BCUT2D eigenvalue weighted by atomic mass is 14.6. The summed E-state index contributed by atoms with van der Waals surface area (Å²) in [5.74, 6) is 0. The molecule has 0 saturated carbocycles. The third-order valence-corrected chi connectivity index (χ3v) is 2.90. The fourth-order valence-corrected chi connectivity index (χ4v) is 1.94. The van der Waals surface area contributed by atoms with Crippen molar-refractivity contribution < 1.29 is 0 Å². The normalized spacial score (nSPS) is 11.4. The second-order valence-electron chi connectivity index (χ2n) is 5.20. The van der Waals surface area contributed by atoms with Gasteiger partial charge in [0, 0.05) is 6.20 Å². The lowest BCUT2D eigenvalue weighted by molar-refractivity contribution is 0.539. The van der Waals surface area contributed by atoms with Gasteiger partial charge in [-0.3, -0.25) is 4.98 Å². The number of hydrogen-bond acceptors (Lipinski definition) is 1. The molecule has 0 aromatic carbocycles. The predicted molar refractivity (Wildman–Crippen MR) is 72.4 cm³/mol. The van der Waals surface area contributed by atoms with Gasteiger partial charge in [0.25, 0.3) is 0 Å². The molecule has 2 heteroatoms. The van der Waals surface area contributed by atoms with E-state index in [2.05, 4.69) is 39.1 Å². The fraction of sp³-hybridized carbons (Fsp3) is 0.643. The first-order chi connectivity index (χ1) is 7.64. The minimum absolute atomic E-state index is 0.266. The summed E-state index contributed by atoms with van der Waals surface area (Å²) in [6, 6.07) is 6.09. The summed E-state index contributed by atoms with van der Waals surface area (Å²) in [5, 5.41) is 0.266. The highest BCUT2D eigenvalue weighted by molar-refractivity contribution is 6.55. The third-order valence-electron chi connectivity index (χ3n) is 2.90. The van der Waals surface area contributed by atoms with Gasteiger partial charge >= 0.3 is 0 Å². The van der Waals surface area contributed by atoms with E-state index < -0.39 is 0 Å². The van der Waals surface area contributed by atoms with Crippen LogP contribution in [0.3, 0.4) is 0 Å². The summed E-state index contributed by atoms with van der Waals surface area (Å²) < 4.78 is 0. The SMILES string of the molecule is CCCCCCC(C)(C)[B]c1ccccn1. The van der Waals surface area contributed by atoms with Crippen molar-refractivity contribution in [2.45, 2.75) is 58.2 Å². The van der Waals surface area contributed by atoms with E-state index >= 15 is 0 Å². The summed E-state index contributed by atoms with van der Waals surface area (Å²) in [4.78, 5) is 4.35. The van der Waals surface area contributed by atoms with Crippen LogP contribution >= 0.6 is 0 Å². The van der Waals surface area contributed by atoms with E-state index in [9.17, 15) is 0 Å². The highest BCUT2D eigenvalue weighted by Gasteiger charge is 2.20. The standard InChI is InChI=1S/C14H23BN/c1-4-5-6-8-11-14(2,3)15-13-10-7-9-12-16-13/h7,9-10,12H,4-6,8,11H2,1-3H3. The summed E-state index contributed by atoms with van der Waals surface area (Å²) in [6.45, 7) is 6.85. The van der Waals surface area contributed by atoms with Gasteiger partial charge in [-0.2, -0.15) is 0 Å². The van der Waals surface area contributed by atoms with E-state index in [1.54, 1.807) is 0 Å². The van der Waals surface area contributed by atoms with Crippen LogP contribution in [-0.4, -0.2) is 12.3 Å². The van der Waals surface area contributed by atoms with Crippen LogP contribution in [0.1, 0.15) is 52.9 Å². The molecular formula is C14H23BN. The maximum absolute atomic E-state index is 4.35. The molecule has 0 N–H and O–H groups in total. The van der Waals surface area contributed by atoms with Crippen molar-refractivity contribution >= 4 is 12.9 Å². The lowest BCUT2D eigenvalue weighted by Crippen LogP contribution is -2.27. The maximum atomic E-state index is 4.35. The van der Waals surface area contributed by atoms with Crippen molar-refractivity contribution in [1.29, 1.82) is 0 Å². The van der Waals surface area contributed by atoms with Gasteiger partial charge in [0.1, 0.15) is 0 Å². The van der Waals surface area contributed by atoms with Gasteiger partial charge < -0.3 is 0 Å². The van der Waals surface area contributed by atoms with Crippen molar-refractivity contribution in [3.63, 3.8) is 0 Å². The topological polar surface area (TPSA) is 12.9 Å². The molecule has 16 heavy (non-hydrogen) atoms. The van der Waals surface area contributed by atoms with E-state index in [-0.39, 0.29) is 5.31 Å². The van der Waals surface area contributed by atoms with Gasteiger partial charge in [-0.05, 0) is 11.7 Å². The fourth-order valence-electron chi connectivity index (χ4n) is 1.94. The molecule has 1 aromatic heterocycles. The molecule has 1 radical (unpaired) electrons. The average molecular weight is 216 g/mol. The Balaban J connectivity index is 2.33. The molecule has 0 atom stereocenters. The molecular weight excluding hydrogens is 193 g/mol. The Labute approximate surface area is 101 Å². The molecule has 0 spiro atoms. The first-order valence-corrected chi connectivity index (χ1v) is 6.41. The first kappa shape index (κ1) is 13.3.